The summed E-state index contributed by atoms with van der Waals surface area (Å²) in [7, 11) is 0. The van der Waals surface area contributed by atoms with Gasteiger partial charge in [0.15, 0.2) is 11.5 Å². The van der Waals surface area contributed by atoms with Crippen molar-refractivity contribution >= 4 is 11.6 Å². The van der Waals surface area contributed by atoms with E-state index in [-0.39, 0.29) is 0 Å². The molecule has 0 N–H and O–H groups in total. The predicted octanol–water partition coefficient (Wildman–Crippen LogP) is 4.69. The minimum Gasteiger partial charge on any atom is -0.490 e. The van der Waals surface area contributed by atoms with E-state index in [1.165, 1.54) is 0 Å². The van der Waals surface area contributed by atoms with E-state index in [4.69, 9.17) is 31.1 Å². The van der Waals surface area contributed by atoms with E-state index in [1.807, 2.05) is 45.0 Å². The van der Waals surface area contributed by atoms with Crippen molar-refractivity contribution in [3.63, 3.8) is 0 Å². The molecule has 0 unspecified atom stereocenters. The summed E-state index contributed by atoms with van der Waals surface area (Å²) >= 11 is 6.19. The van der Waals surface area contributed by atoms with Crippen LogP contribution >= 0.6 is 11.6 Å². The van der Waals surface area contributed by atoms with Gasteiger partial charge in [0.25, 0.3) is 0 Å². The van der Waals surface area contributed by atoms with E-state index >= 15 is 0 Å². The van der Waals surface area contributed by atoms with Gasteiger partial charge in [-0.05, 0) is 44.0 Å². The molecule has 0 saturated carbocycles. The van der Waals surface area contributed by atoms with Crippen molar-refractivity contribution < 1.29 is 14.2 Å². The number of aryl methyl sites for hydroxylation is 2. The molecule has 4 nitrogen and oxygen atoms in total. The standard InChI is InChI=1S/C19H20ClNO3/c1-4-22-18-11-15(12-21)10-16(20)19(18)24-8-7-23-17-9-13(2)5-6-14(17)3/h5-6,9-11H,4,7-8H2,1-3H3. The SMILES string of the molecule is CCOc1cc(C#N)cc(Cl)c1OCCOc1cc(C)ccc1C. The fraction of sp³-hybridized carbons (Fsp3) is 0.316. The summed E-state index contributed by atoms with van der Waals surface area (Å²) in [4.78, 5) is 0. The van der Waals surface area contributed by atoms with E-state index < -0.39 is 0 Å². The van der Waals surface area contributed by atoms with Gasteiger partial charge in [-0.1, -0.05) is 23.7 Å². The summed E-state index contributed by atoms with van der Waals surface area (Å²) in [6.45, 7) is 7.04. The Morgan fingerprint density at radius 2 is 1.75 bits per heavy atom. The smallest absolute Gasteiger partial charge is 0.179 e. The maximum atomic E-state index is 9.01. The van der Waals surface area contributed by atoms with Crippen LogP contribution in [0.3, 0.4) is 0 Å². The molecule has 126 valence electrons. The fourth-order valence-electron chi connectivity index (χ4n) is 2.19. The molecule has 0 fully saturated rings. The van der Waals surface area contributed by atoms with Gasteiger partial charge >= 0.3 is 0 Å². The number of hydrogen-bond donors (Lipinski definition) is 0. The monoisotopic (exact) mass is 345 g/mol. The minimum atomic E-state index is 0.319. The first kappa shape index (κ1) is 18.0. The Balaban J connectivity index is 2.01. The van der Waals surface area contributed by atoms with Crippen LogP contribution in [-0.4, -0.2) is 19.8 Å². The highest BCUT2D eigenvalue weighted by atomic mass is 35.5. The molecule has 2 aromatic carbocycles. The zero-order valence-electron chi connectivity index (χ0n) is 14.1. The first-order valence-electron chi connectivity index (χ1n) is 7.74. The molecule has 0 aliphatic carbocycles. The molecule has 0 aliphatic rings. The summed E-state index contributed by atoms with van der Waals surface area (Å²) in [5.74, 6) is 1.74. The van der Waals surface area contributed by atoms with E-state index in [0.29, 0.717) is 41.9 Å². The van der Waals surface area contributed by atoms with Crippen LogP contribution in [0, 0.1) is 25.2 Å². The Hall–Kier alpha value is -2.38. The van der Waals surface area contributed by atoms with Crippen molar-refractivity contribution in [1.82, 2.24) is 0 Å². The second-order valence-corrected chi connectivity index (χ2v) is 5.70. The van der Waals surface area contributed by atoms with Gasteiger partial charge in [-0.25, -0.2) is 0 Å². The van der Waals surface area contributed by atoms with Crippen LogP contribution in [0.1, 0.15) is 23.6 Å². The zero-order chi connectivity index (χ0) is 17.5. The summed E-state index contributed by atoms with van der Waals surface area (Å²) in [6.07, 6.45) is 0. The number of halogens is 1. The highest BCUT2D eigenvalue weighted by Gasteiger charge is 2.13. The van der Waals surface area contributed by atoms with Crippen molar-refractivity contribution in [2.24, 2.45) is 0 Å². The highest BCUT2D eigenvalue weighted by molar-refractivity contribution is 6.32. The molecule has 0 radical (unpaired) electrons. The van der Waals surface area contributed by atoms with Gasteiger partial charge < -0.3 is 14.2 Å². The van der Waals surface area contributed by atoms with Gasteiger partial charge in [-0.3, -0.25) is 0 Å². The second kappa shape index (κ2) is 8.47. The van der Waals surface area contributed by atoms with E-state index in [2.05, 4.69) is 0 Å². The largest absolute Gasteiger partial charge is 0.490 e. The van der Waals surface area contributed by atoms with Gasteiger partial charge in [-0.2, -0.15) is 5.26 Å². The van der Waals surface area contributed by atoms with Crippen LogP contribution in [0.4, 0.5) is 0 Å². The van der Waals surface area contributed by atoms with Gasteiger partial charge in [0, 0.05) is 6.07 Å². The molecule has 0 spiro atoms. The van der Waals surface area contributed by atoms with Gasteiger partial charge in [0.2, 0.25) is 0 Å². The molecule has 0 aromatic heterocycles. The molecule has 5 heteroatoms. The van der Waals surface area contributed by atoms with Crippen molar-refractivity contribution in [3.8, 4) is 23.3 Å². The van der Waals surface area contributed by atoms with Crippen molar-refractivity contribution in [3.05, 3.63) is 52.0 Å². The first-order chi connectivity index (χ1) is 11.5. The van der Waals surface area contributed by atoms with Crippen LogP contribution in [0.15, 0.2) is 30.3 Å². The normalized spacial score (nSPS) is 10.1. The number of nitrogens with zero attached hydrogens (tertiary/aromatic N) is 1. The lowest BCUT2D eigenvalue weighted by molar-refractivity contribution is 0.208. The van der Waals surface area contributed by atoms with Crippen molar-refractivity contribution in [2.75, 3.05) is 19.8 Å². The Labute approximate surface area is 147 Å². The molecule has 2 aromatic rings. The summed E-state index contributed by atoms with van der Waals surface area (Å²) in [5.41, 5.74) is 2.65. The molecule has 2 rings (SSSR count). The lowest BCUT2D eigenvalue weighted by Crippen LogP contribution is -2.11. The van der Waals surface area contributed by atoms with Crippen LogP contribution in [0.5, 0.6) is 17.2 Å². The quantitative estimate of drug-likeness (QED) is 0.683. The van der Waals surface area contributed by atoms with Crippen LogP contribution < -0.4 is 14.2 Å². The number of hydrogen-bond acceptors (Lipinski definition) is 4. The van der Waals surface area contributed by atoms with Crippen LogP contribution in [0.2, 0.25) is 5.02 Å². The Bertz CT molecular complexity index is 753. The molecular formula is C19H20ClNO3. The average molecular weight is 346 g/mol. The maximum absolute atomic E-state index is 9.01. The Morgan fingerprint density at radius 3 is 2.46 bits per heavy atom. The van der Waals surface area contributed by atoms with E-state index in [1.54, 1.807) is 12.1 Å². The summed E-state index contributed by atoms with van der Waals surface area (Å²) in [6, 6.07) is 11.3. The van der Waals surface area contributed by atoms with Gasteiger partial charge in [0.05, 0.1) is 23.3 Å². The molecule has 0 atom stereocenters. The highest BCUT2D eigenvalue weighted by Crippen LogP contribution is 2.36. The van der Waals surface area contributed by atoms with Gasteiger partial charge in [0.1, 0.15) is 19.0 Å². The van der Waals surface area contributed by atoms with Gasteiger partial charge in [-0.15, -0.1) is 0 Å². The Morgan fingerprint density at radius 1 is 1.00 bits per heavy atom. The third-order valence-corrected chi connectivity index (χ3v) is 3.65. The maximum Gasteiger partial charge on any atom is 0.179 e. The van der Waals surface area contributed by atoms with E-state index in [9.17, 15) is 0 Å². The molecular weight excluding hydrogens is 326 g/mol. The molecule has 0 heterocycles. The van der Waals surface area contributed by atoms with Crippen LogP contribution in [0.25, 0.3) is 0 Å². The first-order valence-corrected chi connectivity index (χ1v) is 8.12. The number of benzene rings is 2. The Kier molecular flexibility index (Phi) is 6.34. The van der Waals surface area contributed by atoms with Crippen molar-refractivity contribution in [1.29, 1.82) is 5.26 Å². The summed E-state index contributed by atoms with van der Waals surface area (Å²) in [5, 5.41) is 9.36. The lowest BCUT2D eigenvalue weighted by atomic mass is 10.1. The molecule has 0 aliphatic heterocycles. The van der Waals surface area contributed by atoms with Crippen molar-refractivity contribution in [2.45, 2.75) is 20.8 Å². The molecule has 0 saturated heterocycles. The number of rotatable bonds is 7. The number of ether oxygens (including phenoxy) is 3. The lowest BCUT2D eigenvalue weighted by Gasteiger charge is -2.15. The number of nitriles is 1. The minimum absolute atomic E-state index is 0.319. The topological polar surface area (TPSA) is 51.5 Å². The van der Waals surface area contributed by atoms with Crippen LogP contribution in [-0.2, 0) is 0 Å². The van der Waals surface area contributed by atoms with E-state index in [0.717, 1.165) is 16.9 Å². The molecule has 0 bridgehead atoms. The third kappa shape index (κ3) is 4.56. The molecule has 24 heavy (non-hydrogen) atoms. The zero-order valence-corrected chi connectivity index (χ0v) is 14.8. The average Bonchev–Trinajstić information content (AvgIpc) is 2.56. The molecule has 0 amide bonds. The second-order valence-electron chi connectivity index (χ2n) is 5.30. The third-order valence-electron chi connectivity index (χ3n) is 3.37. The summed E-state index contributed by atoms with van der Waals surface area (Å²) < 4.78 is 17.0. The predicted molar refractivity (Wildman–Crippen MR) is 94.2 cm³/mol. The fourth-order valence-corrected chi connectivity index (χ4v) is 2.46.